The standard InChI is InChI=1S/C16H13ClN4O2/c1-10-2-3-11(12(17)8-10)9-21-16-15(18-6-7-19-16)13(20-21)4-5-14(22)23/h2-8H,9H2,1H3,(H,22,23)/b5-4+. The highest BCUT2D eigenvalue weighted by Gasteiger charge is 2.12. The zero-order valence-corrected chi connectivity index (χ0v) is 13.0. The van der Waals surface area contributed by atoms with E-state index in [2.05, 4.69) is 15.1 Å². The monoisotopic (exact) mass is 328 g/mol. The maximum atomic E-state index is 10.7. The molecule has 0 amide bonds. The molecule has 23 heavy (non-hydrogen) atoms. The first-order chi connectivity index (χ1) is 11.0. The molecule has 0 radical (unpaired) electrons. The van der Waals surface area contributed by atoms with Crippen LogP contribution in [0.5, 0.6) is 0 Å². The van der Waals surface area contributed by atoms with Crippen LogP contribution >= 0.6 is 11.6 Å². The maximum Gasteiger partial charge on any atom is 0.328 e. The predicted molar refractivity (Wildman–Crippen MR) is 87.3 cm³/mol. The van der Waals surface area contributed by atoms with Gasteiger partial charge in [-0.2, -0.15) is 5.10 Å². The van der Waals surface area contributed by atoms with Gasteiger partial charge < -0.3 is 5.11 Å². The molecule has 0 aliphatic heterocycles. The molecule has 0 saturated carbocycles. The van der Waals surface area contributed by atoms with Crippen LogP contribution in [-0.4, -0.2) is 30.8 Å². The number of carboxylic acids is 1. The number of carboxylic acid groups (broad SMARTS) is 1. The van der Waals surface area contributed by atoms with Crippen molar-refractivity contribution in [2.75, 3.05) is 0 Å². The molecule has 0 fully saturated rings. The smallest absolute Gasteiger partial charge is 0.328 e. The van der Waals surface area contributed by atoms with Gasteiger partial charge in [-0.1, -0.05) is 23.7 Å². The number of benzene rings is 1. The normalized spacial score (nSPS) is 11.4. The van der Waals surface area contributed by atoms with Crippen molar-refractivity contribution in [2.24, 2.45) is 0 Å². The van der Waals surface area contributed by atoms with Gasteiger partial charge in [-0.05, 0) is 30.2 Å². The van der Waals surface area contributed by atoms with Crippen LogP contribution in [0.15, 0.2) is 36.7 Å². The Bertz CT molecular complexity index is 918. The number of hydrogen-bond acceptors (Lipinski definition) is 4. The van der Waals surface area contributed by atoms with Crippen molar-refractivity contribution in [3.8, 4) is 0 Å². The van der Waals surface area contributed by atoms with E-state index in [0.29, 0.717) is 28.4 Å². The first kappa shape index (κ1) is 15.2. The highest BCUT2D eigenvalue weighted by molar-refractivity contribution is 6.31. The highest BCUT2D eigenvalue weighted by Crippen LogP contribution is 2.21. The number of nitrogens with zero attached hydrogens (tertiary/aromatic N) is 4. The van der Waals surface area contributed by atoms with Crippen LogP contribution in [0, 0.1) is 6.92 Å². The van der Waals surface area contributed by atoms with Crippen molar-refractivity contribution < 1.29 is 9.90 Å². The van der Waals surface area contributed by atoms with Crippen LogP contribution in [0.4, 0.5) is 0 Å². The van der Waals surface area contributed by atoms with Crippen molar-refractivity contribution in [3.05, 3.63) is 58.5 Å². The van der Waals surface area contributed by atoms with E-state index in [1.54, 1.807) is 17.1 Å². The Morgan fingerprint density at radius 2 is 2.13 bits per heavy atom. The summed E-state index contributed by atoms with van der Waals surface area (Å²) in [5, 5.41) is 13.8. The molecule has 0 saturated heterocycles. The van der Waals surface area contributed by atoms with E-state index in [1.165, 1.54) is 6.08 Å². The molecular weight excluding hydrogens is 316 g/mol. The van der Waals surface area contributed by atoms with Crippen LogP contribution in [-0.2, 0) is 11.3 Å². The van der Waals surface area contributed by atoms with E-state index < -0.39 is 5.97 Å². The summed E-state index contributed by atoms with van der Waals surface area (Å²) in [5.74, 6) is -1.04. The second kappa shape index (κ2) is 6.18. The summed E-state index contributed by atoms with van der Waals surface area (Å²) >= 11 is 6.27. The van der Waals surface area contributed by atoms with E-state index in [0.717, 1.165) is 17.2 Å². The summed E-state index contributed by atoms with van der Waals surface area (Å²) in [4.78, 5) is 19.2. The molecule has 1 aromatic carbocycles. The first-order valence-electron chi connectivity index (χ1n) is 6.88. The van der Waals surface area contributed by atoms with Gasteiger partial charge in [-0.25, -0.2) is 19.4 Å². The lowest BCUT2D eigenvalue weighted by Gasteiger charge is -2.06. The van der Waals surface area contributed by atoms with Gasteiger partial charge >= 0.3 is 5.97 Å². The summed E-state index contributed by atoms with van der Waals surface area (Å²) in [7, 11) is 0. The molecule has 3 rings (SSSR count). The molecule has 2 heterocycles. The lowest BCUT2D eigenvalue weighted by molar-refractivity contribution is -0.131. The van der Waals surface area contributed by atoms with Crippen LogP contribution in [0.1, 0.15) is 16.8 Å². The Hall–Kier alpha value is -2.73. The molecule has 6 nitrogen and oxygen atoms in total. The number of hydrogen-bond donors (Lipinski definition) is 1. The minimum atomic E-state index is -1.04. The topological polar surface area (TPSA) is 80.9 Å². The minimum Gasteiger partial charge on any atom is -0.478 e. The molecule has 0 spiro atoms. The third-order valence-corrected chi connectivity index (χ3v) is 3.66. The fraction of sp³-hybridized carbons (Fsp3) is 0.125. The van der Waals surface area contributed by atoms with Gasteiger partial charge in [-0.3, -0.25) is 0 Å². The Kier molecular flexibility index (Phi) is 4.08. The summed E-state index contributed by atoms with van der Waals surface area (Å²) in [6.07, 6.45) is 5.56. The van der Waals surface area contributed by atoms with E-state index >= 15 is 0 Å². The molecule has 0 bridgehead atoms. The average molecular weight is 329 g/mol. The third kappa shape index (κ3) is 3.22. The number of halogens is 1. The Balaban J connectivity index is 2.05. The lowest BCUT2D eigenvalue weighted by Crippen LogP contribution is -2.03. The summed E-state index contributed by atoms with van der Waals surface area (Å²) in [6.45, 7) is 2.40. The quantitative estimate of drug-likeness (QED) is 0.745. The second-order valence-corrected chi connectivity index (χ2v) is 5.45. The summed E-state index contributed by atoms with van der Waals surface area (Å²) in [5.41, 5.74) is 3.57. The number of aryl methyl sites for hydroxylation is 1. The van der Waals surface area contributed by atoms with E-state index in [1.807, 2.05) is 25.1 Å². The molecule has 3 aromatic rings. The number of fused-ring (bicyclic) bond motifs is 1. The number of rotatable bonds is 4. The minimum absolute atomic E-state index is 0.426. The molecule has 0 atom stereocenters. The van der Waals surface area contributed by atoms with Crippen molar-refractivity contribution in [2.45, 2.75) is 13.5 Å². The second-order valence-electron chi connectivity index (χ2n) is 5.04. The van der Waals surface area contributed by atoms with Gasteiger partial charge in [0, 0.05) is 23.5 Å². The average Bonchev–Trinajstić information content (AvgIpc) is 2.86. The molecule has 0 unspecified atom stereocenters. The molecule has 116 valence electrons. The summed E-state index contributed by atoms with van der Waals surface area (Å²) < 4.78 is 1.67. The van der Waals surface area contributed by atoms with Gasteiger partial charge in [-0.15, -0.1) is 0 Å². The van der Waals surface area contributed by atoms with Crippen molar-refractivity contribution >= 4 is 34.8 Å². The number of aliphatic carboxylic acids is 1. The van der Waals surface area contributed by atoms with Crippen molar-refractivity contribution in [1.29, 1.82) is 0 Å². The highest BCUT2D eigenvalue weighted by atomic mass is 35.5. The first-order valence-corrected chi connectivity index (χ1v) is 7.26. The van der Waals surface area contributed by atoms with E-state index in [-0.39, 0.29) is 0 Å². The van der Waals surface area contributed by atoms with Gasteiger partial charge in [0.15, 0.2) is 5.65 Å². The fourth-order valence-electron chi connectivity index (χ4n) is 2.24. The van der Waals surface area contributed by atoms with Crippen LogP contribution in [0.3, 0.4) is 0 Å². The van der Waals surface area contributed by atoms with Crippen LogP contribution in [0.25, 0.3) is 17.2 Å². The molecular formula is C16H13ClN4O2. The number of carbonyl (C=O) groups is 1. The van der Waals surface area contributed by atoms with E-state index in [4.69, 9.17) is 16.7 Å². The van der Waals surface area contributed by atoms with Crippen molar-refractivity contribution in [3.63, 3.8) is 0 Å². The summed E-state index contributed by atoms with van der Waals surface area (Å²) in [6, 6.07) is 5.80. The lowest BCUT2D eigenvalue weighted by atomic mass is 10.1. The molecule has 1 N–H and O–H groups in total. The maximum absolute atomic E-state index is 10.7. The molecule has 2 aromatic heterocycles. The largest absolute Gasteiger partial charge is 0.478 e. The Morgan fingerprint density at radius 3 is 2.87 bits per heavy atom. The van der Waals surface area contributed by atoms with Crippen LogP contribution < -0.4 is 0 Å². The Labute approximate surface area is 137 Å². The number of aromatic nitrogens is 4. The Morgan fingerprint density at radius 1 is 1.35 bits per heavy atom. The molecule has 0 aliphatic carbocycles. The van der Waals surface area contributed by atoms with Gasteiger partial charge in [0.25, 0.3) is 0 Å². The molecule has 0 aliphatic rings. The van der Waals surface area contributed by atoms with Gasteiger partial charge in [0.1, 0.15) is 11.2 Å². The fourth-order valence-corrected chi connectivity index (χ4v) is 2.53. The molecule has 7 heteroatoms. The van der Waals surface area contributed by atoms with Gasteiger partial charge in [0.05, 0.1) is 6.54 Å². The van der Waals surface area contributed by atoms with Crippen molar-refractivity contribution in [1.82, 2.24) is 19.7 Å². The third-order valence-electron chi connectivity index (χ3n) is 3.31. The van der Waals surface area contributed by atoms with Crippen LogP contribution in [0.2, 0.25) is 5.02 Å². The predicted octanol–water partition coefficient (Wildman–Crippen LogP) is 2.93. The zero-order valence-electron chi connectivity index (χ0n) is 12.3. The zero-order chi connectivity index (χ0) is 16.4. The SMILES string of the molecule is Cc1ccc(Cn2nc(/C=C/C(=O)O)c3nccnc32)c(Cl)c1. The van der Waals surface area contributed by atoms with E-state index in [9.17, 15) is 4.79 Å². The van der Waals surface area contributed by atoms with Gasteiger partial charge in [0.2, 0.25) is 0 Å².